The molecule has 1 unspecified atom stereocenters. The van der Waals surface area contributed by atoms with Crippen LogP contribution < -0.4 is 10.6 Å². The Morgan fingerprint density at radius 2 is 1.58 bits per heavy atom. The molecule has 0 aromatic heterocycles. The zero-order valence-electron chi connectivity index (χ0n) is 17.9. The predicted molar refractivity (Wildman–Crippen MR) is 114 cm³/mol. The average Bonchev–Trinajstić information content (AvgIpc) is 2.98. The van der Waals surface area contributed by atoms with Crippen molar-refractivity contribution in [2.45, 2.75) is 24.5 Å². The molecular weight excluding hydrogens is 430 g/mol. The molecule has 1 atom stereocenters. The molecule has 0 aromatic carbocycles. The van der Waals surface area contributed by atoms with Crippen molar-refractivity contribution in [1.82, 2.24) is 15.5 Å². The number of hydrogen-bond acceptors (Lipinski definition) is 9. The van der Waals surface area contributed by atoms with E-state index in [2.05, 4.69) is 23.3 Å². The second kappa shape index (κ2) is 16.9. The minimum Gasteiger partial charge on any atom is -0.382 e. The first kappa shape index (κ1) is 27.3. The van der Waals surface area contributed by atoms with Gasteiger partial charge >= 0.3 is 0 Å². The molecule has 0 bridgehead atoms. The number of imide groups is 1. The van der Waals surface area contributed by atoms with E-state index in [0.29, 0.717) is 59.2 Å². The van der Waals surface area contributed by atoms with Gasteiger partial charge in [0.2, 0.25) is 23.6 Å². The van der Waals surface area contributed by atoms with Gasteiger partial charge in [-0.3, -0.25) is 24.1 Å². The Labute approximate surface area is 187 Å². The largest absolute Gasteiger partial charge is 0.382 e. The molecule has 0 saturated carbocycles. The van der Waals surface area contributed by atoms with Gasteiger partial charge in [0.1, 0.15) is 6.61 Å². The van der Waals surface area contributed by atoms with Crippen molar-refractivity contribution in [2.24, 2.45) is 0 Å². The van der Waals surface area contributed by atoms with E-state index in [0.717, 1.165) is 4.90 Å². The Morgan fingerprint density at radius 3 is 2.16 bits per heavy atom. The Kier molecular flexibility index (Phi) is 14.9. The lowest BCUT2D eigenvalue weighted by Gasteiger charge is -2.13. The van der Waals surface area contributed by atoms with E-state index in [1.54, 1.807) is 7.11 Å². The van der Waals surface area contributed by atoms with Crippen LogP contribution in [0.2, 0.25) is 0 Å². The van der Waals surface area contributed by atoms with Crippen molar-refractivity contribution in [1.29, 1.82) is 0 Å². The van der Waals surface area contributed by atoms with E-state index in [1.165, 1.54) is 0 Å². The number of thiol groups is 1. The maximum atomic E-state index is 11.8. The number of nitrogens with one attached hydrogen (secondary N) is 2. The Morgan fingerprint density at radius 1 is 0.968 bits per heavy atom. The quantitative estimate of drug-likeness (QED) is 0.131. The first-order valence-electron chi connectivity index (χ1n) is 10.2. The van der Waals surface area contributed by atoms with Crippen LogP contribution in [0.25, 0.3) is 0 Å². The molecule has 4 amide bonds. The van der Waals surface area contributed by atoms with Crippen LogP contribution in [-0.2, 0) is 38.1 Å². The van der Waals surface area contributed by atoms with E-state index < -0.39 is 5.25 Å². The number of amides is 4. The maximum absolute atomic E-state index is 11.8. The summed E-state index contributed by atoms with van der Waals surface area (Å²) in [5, 5.41) is 4.81. The Hall–Kier alpha value is -1.73. The van der Waals surface area contributed by atoms with Crippen LogP contribution in [-0.4, -0.2) is 107 Å². The molecule has 1 aliphatic heterocycles. The second-order valence-corrected chi connectivity index (χ2v) is 7.30. The predicted octanol–water partition coefficient (Wildman–Crippen LogP) is -1.25. The molecule has 0 aliphatic carbocycles. The van der Waals surface area contributed by atoms with Gasteiger partial charge in [0.15, 0.2) is 0 Å². The summed E-state index contributed by atoms with van der Waals surface area (Å²) in [6.07, 6.45) is 0.753. The Bertz CT molecular complexity index is 578. The van der Waals surface area contributed by atoms with Crippen molar-refractivity contribution in [3.8, 4) is 0 Å². The highest BCUT2D eigenvalue weighted by Crippen LogP contribution is 2.18. The molecule has 0 spiro atoms. The fraction of sp³-hybridized carbons (Fsp3) is 0.789. The van der Waals surface area contributed by atoms with Crippen LogP contribution in [0.3, 0.4) is 0 Å². The standard InChI is InChI=1S/C19H33N3O8S/c1-27-9-10-30-14-17(24)21-5-8-29-12-11-28-7-4-20-16(23)3-2-6-22-18(25)13-15(31)19(22)26/h15,31H,2-14H2,1H3,(H,20,23)(H,21,24). The maximum Gasteiger partial charge on any atom is 0.246 e. The average molecular weight is 464 g/mol. The molecule has 0 aromatic rings. The third-order valence-electron chi connectivity index (χ3n) is 4.18. The molecular formula is C19H33N3O8S. The van der Waals surface area contributed by atoms with E-state index in [1.807, 2.05) is 0 Å². The first-order valence-corrected chi connectivity index (χ1v) is 10.7. The molecule has 12 heteroatoms. The lowest BCUT2D eigenvalue weighted by Crippen LogP contribution is -2.33. The zero-order chi connectivity index (χ0) is 22.9. The molecule has 31 heavy (non-hydrogen) atoms. The van der Waals surface area contributed by atoms with Crippen molar-refractivity contribution in [3.63, 3.8) is 0 Å². The number of likely N-dealkylation sites (tertiary alicyclic amines) is 1. The van der Waals surface area contributed by atoms with Gasteiger partial charge in [0, 0.05) is 39.6 Å². The lowest BCUT2D eigenvalue weighted by atomic mass is 10.3. The van der Waals surface area contributed by atoms with Crippen LogP contribution >= 0.6 is 12.6 Å². The summed E-state index contributed by atoms with van der Waals surface area (Å²) in [6, 6.07) is 0. The summed E-state index contributed by atoms with van der Waals surface area (Å²) in [7, 11) is 1.56. The van der Waals surface area contributed by atoms with E-state index in [9.17, 15) is 19.2 Å². The molecule has 2 N–H and O–H groups in total. The van der Waals surface area contributed by atoms with Crippen molar-refractivity contribution >= 4 is 36.3 Å². The SMILES string of the molecule is COCCOCC(=O)NCCOCCOCCNC(=O)CCCN1C(=O)CC(S)C1=O. The minimum absolute atomic E-state index is 0.0111. The fourth-order valence-electron chi connectivity index (χ4n) is 2.59. The van der Waals surface area contributed by atoms with Gasteiger partial charge in [-0.2, -0.15) is 12.6 Å². The molecule has 178 valence electrons. The molecule has 1 rings (SSSR count). The van der Waals surface area contributed by atoms with Crippen molar-refractivity contribution < 1.29 is 38.1 Å². The zero-order valence-corrected chi connectivity index (χ0v) is 18.8. The number of carbonyl (C=O) groups excluding carboxylic acids is 4. The summed E-state index contributed by atoms with van der Waals surface area (Å²) < 4.78 is 20.6. The number of rotatable bonds is 18. The number of carbonyl (C=O) groups is 4. The molecule has 11 nitrogen and oxygen atoms in total. The number of ether oxygens (including phenoxy) is 4. The Balaban J connectivity index is 1.86. The lowest BCUT2D eigenvalue weighted by molar-refractivity contribution is -0.138. The smallest absolute Gasteiger partial charge is 0.246 e. The van der Waals surface area contributed by atoms with Crippen LogP contribution in [0.5, 0.6) is 0 Å². The van der Waals surface area contributed by atoms with Crippen LogP contribution in [0.1, 0.15) is 19.3 Å². The summed E-state index contributed by atoms with van der Waals surface area (Å²) >= 11 is 4.05. The number of hydrogen-bond donors (Lipinski definition) is 3. The van der Waals surface area contributed by atoms with E-state index in [4.69, 9.17) is 18.9 Å². The third-order valence-corrected chi connectivity index (χ3v) is 4.58. The van der Waals surface area contributed by atoms with Gasteiger partial charge in [0.25, 0.3) is 0 Å². The molecule has 0 radical (unpaired) electrons. The first-order chi connectivity index (χ1) is 15.0. The third kappa shape index (κ3) is 12.7. The normalized spacial score (nSPS) is 16.1. The van der Waals surface area contributed by atoms with Crippen LogP contribution in [0, 0.1) is 0 Å². The second-order valence-electron chi connectivity index (χ2n) is 6.68. The summed E-state index contributed by atoms with van der Waals surface area (Å²) in [5.41, 5.74) is 0. The molecule has 1 aliphatic rings. The van der Waals surface area contributed by atoms with Gasteiger partial charge < -0.3 is 29.6 Å². The molecule has 1 heterocycles. The highest BCUT2D eigenvalue weighted by Gasteiger charge is 2.35. The van der Waals surface area contributed by atoms with Gasteiger partial charge in [0.05, 0.1) is 44.9 Å². The van der Waals surface area contributed by atoms with E-state index in [-0.39, 0.29) is 49.6 Å². The topological polar surface area (TPSA) is 132 Å². The van der Waals surface area contributed by atoms with Crippen LogP contribution in [0.15, 0.2) is 0 Å². The minimum atomic E-state index is -0.563. The van der Waals surface area contributed by atoms with Gasteiger partial charge in [-0.1, -0.05) is 0 Å². The number of nitrogens with zero attached hydrogens (tertiary/aromatic N) is 1. The fourth-order valence-corrected chi connectivity index (χ4v) is 2.89. The monoisotopic (exact) mass is 463 g/mol. The van der Waals surface area contributed by atoms with Crippen molar-refractivity contribution in [2.75, 3.05) is 73.0 Å². The van der Waals surface area contributed by atoms with Crippen molar-refractivity contribution in [3.05, 3.63) is 0 Å². The van der Waals surface area contributed by atoms with E-state index >= 15 is 0 Å². The number of methoxy groups -OCH3 is 1. The molecule has 1 saturated heterocycles. The molecule has 1 fully saturated rings. The highest BCUT2D eigenvalue weighted by molar-refractivity contribution is 7.81. The van der Waals surface area contributed by atoms with Gasteiger partial charge in [-0.25, -0.2) is 0 Å². The summed E-state index contributed by atoms with van der Waals surface area (Å²) in [5.74, 6) is -0.909. The van der Waals surface area contributed by atoms with Crippen LogP contribution in [0.4, 0.5) is 0 Å². The highest BCUT2D eigenvalue weighted by atomic mass is 32.1. The summed E-state index contributed by atoms with van der Waals surface area (Å²) in [4.78, 5) is 47.7. The summed E-state index contributed by atoms with van der Waals surface area (Å²) in [6.45, 7) is 3.22. The van der Waals surface area contributed by atoms with Gasteiger partial charge in [-0.05, 0) is 6.42 Å². The van der Waals surface area contributed by atoms with Gasteiger partial charge in [-0.15, -0.1) is 0 Å².